The fourth-order valence-electron chi connectivity index (χ4n) is 5.55. The van der Waals surface area contributed by atoms with Crippen LogP contribution in [0.1, 0.15) is 55.4 Å². The van der Waals surface area contributed by atoms with E-state index in [0.717, 1.165) is 0 Å². The van der Waals surface area contributed by atoms with E-state index in [-0.39, 0.29) is 5.92 Å². The molecule has 2 aliphatic rings. The number of rotatable bonds is 3. The van der Waals surface area contributed by atoms with Crippen LogP contribution < -0.4 is 0 Å². The molecule has 0 saturated heterocycles. The molecule has 2 atom stereocenters. The van der Waals surface area contributed by atoms with Crippen molar-refractivity contribution < 1.29 is 24.7 Å². The van der Waals surface area contributed by atoms with E-state index >= 15 is 0 Å². The molecule has 6 rings (SSSR count). The third-order valence-electron chi connectivity index (χ3n) is 6.94. The van der Waals surface area contributed by atoms with Gasteiger partial charge in [0.2, 0.25) is 0 Å². The van der Waals surface area contributed by atoms with Gasteiger partial charge in [-0.1, -0.05) is 0 Å². The van der Waals surface area contributed by atoms with Crippen LogP contribution in [0.15, 0.2) is 103 Å². The Labute approximate surface area is 205 Å². The average Bonchev–Trinajstić information content (AvgIpc) is 3.36. The Kier molecular flexibility index (Phi) is 4.96. The second-order valence-electron chi connectivity index (χ2n) is 8.68. The number of allylic oxidation sites excluding steroid dienone is 3. The molecule has 0 amide bonds. The summed E-state index contributed by atoms with van der Waals surface area (Å²) in [6.07, 6.45) is 2.40. The molecule has 2 unspecified atom stereocenters. The van der Waals surface area contributed by atoms with E-state index in [9.17, 15) is 0 Å². The van der Waals surface area contributed by atoms with Crippen LogP contribution >= 0.6 is 0 Å². The maximum atomic E-state index is 2.40. The molecule has 32 heavy (non-hydrogen) atoms. The van der Waals surface area contributed by atoms with Crippen LogP contribution in [0.2, 0.25) is 0 Å². The first-order valence-corrected chi connectivity index (χ1v) is 12.6. The summed E-state index contributed by atoms with van der Waals surface area (Å²) in [4.78, 5) is 0. The monoisotopic (exact) mass is 485 g/mol. The van der Waals surface area contributed by atoms with Gasteiger partial charge in [-0.3, -0.25) is 0 Å². The molecule has 0 fully saturated rings. The van der Waals surface area contributed by atoms with Gasteiger partial charge in [-0.25, -0.2) is 0 Å². The third-order valence-corrected chi connectivity index (χ3v) is 8.41. The Balaban J connectivity index is 1.58. The molecule has 0 saturated carbocycles. The predicted molar refractivity (Wildman–Crippen MR) is 131 cm³/mol. The summed E-state index contributed by atoms with van der Waals surface area (Å²) < 4.78 is 0.486. The van der Waals surface area contributed by atoms with Gasteiger partial charge in [0.15, 0.2) is 0 Å². The van der Waals surface area contributed by atoms with Crippen molar-refractivity contribution in [2.45, 2.75) is 16.5 Å². The van der Waals surface area contributed by atoms with Crippen LogP contribution in [0, 0.1) is 0 Å². The Hall–Kier alpha value is -2.76. The molecule has 0 heterocycles. The molecule has 1 heteroatoms. The second-order valence-corrected chi connectivity index (χ2v) is 10.1. The minimum atomic E-state index is 0.261. The van der Waals surface area contributed by atoms with Gasteiger partial charge in [0.05, 0.1) is 0 Å². The Morgan fingerprint density at radius 3 is 1.94 bits per heavy atom. The quantitative estimate of drug-likeness (QED) is 0.276. The van der Waals surface area contributed by atoms with Gasteiger partial charge in [-0.15, -0.1) is 0 Å². The summed E-state index contributed by atoms with van der Waals surface area (Å²) in [7, 11) is 0. The molecule has 0 nitrogen and oxygen atoms in total. The van der Waals surface area contributed by atoms with Gasteiger partial charge >= 0.3 is 206 Å². The zero-order chi connectivity index (χ0) is 21.7. The number of fused-ring (bicyclic) bond motifs is 2. The Bertz CT molecular complexity index is 1380. The normalized spacial score (nSPS) is 18.9. The third kappa shape index (κ3) is 3.06. The van der Waals surface area contributed by atoms with E-state index in [2.05, 4.69) is 116 Å². The Morgan fingerprint density at radius 2 is 1.19 bits per heavy atom. The fourth-order valence-corrected chi connectivity index (χ4v) is 7.08. The van der Waals surface area contributed by atoms with Crippen LogP contribution in [-0.2, 0) is 24.7 Å². The van der Waals surface area contributed by atoms with E-state index in [4.69, 9.17) is 0 Å². The van der Waals surface area contributed by atoms with Crippen molar-refractivity contribution >= 4 is 22.8 Å². The molecule has 0 aromatic heterocycles. The van der Waals surface area contributed by atoms with Crippen LogP contribution in [0.3, 0.4) is 0 Å². The summed E-state index contributed by atoms with van der Waals surface area (Å²) >= 11 is 1.55. The van der Waals surface area contributed by atoms with Crippen LogP contribution in [0.25, 0.3) is 22.8 Å². The first-order chi connectivity index (χ1) is 15.7. The molecular formula is C31H23Zr. The first kappa shape index (κ1) is 19.9. The van der Waals surface area contributed by atoms with Crippen LogP contribution in [0.4, 0.5) is 0 Å². The van der Waals surface area contributed by atoms with E-state index in [0.29, 0.717) is 3.63 Å². The van der Waals surface area contributed by atoms with Crippen molar-refractivity contribution in [2.24, 2.45) is 0 Å². The minimum absolute atomic E-state index is 0.261. The fraction of sp³-hybridized carbons (Fsp3) is 0.0968. The van der Waals surface area contributed by atoms with Gasteiger partial charge in [0.25, 0.3) is 0 Å². The predicted octanol–water partition coefficient (Wildman–Crippen LogP) is 7.90. The SMILES string of the molecule is CC1=C(c2ccccc2)[CH]([Zr])c2cccc(C3C(c4ccccc4)=Cc4ccccc43)c21. The average molecular weight is 487 g/mol. The maximum absolute atomic E-state index is 2.40. The van der Waals surface area contributed by atoms with Crippen molar-refractivity contribution in [3.63, 3.8) is 0 Å². The van der Waals surface area contributed by atoms with Gasteiger partial charge in [0.1, 0.15) is 0 Å². The summed E-state index contributed by atoms with van der Waals surface area (Å²) in [6, 6.07) is 37.7. The molecule has 4 aromatic carbocycles. The summed E-state index contributed by atoms with van der Waals surface area (Å²) in [5, 5.41) is 0. The zero-order valence-electron chi connectivity index (χ0n) is 18.0. The van der Waals surface area contributed by atoms with Crippen molar-refractivity contribution in [2.75, 3.05) is 0 Å². The summed E-state index contributed by atoms with van der Waals surface area (Å²) in [5.74, 6) is 0.261. The zero-order valence-corrected chi connectivity index (χ0v) is 20.5. The molecule has 0 N–H and O–H groups in total. The van der Waals surface area contributed by atoms with Gasteiger partial charge < -0.3 is 0 Å². The summed E-state index contributed by atoms with van der Waals surface area (Å²) in [5.41, 5.74) is 14.2. The molecule has 0 bridgehead atoms. The molecule has 0 spiro atoms. The van der Waals surface area contributed by atoms with E-state index in [1.165, 1.54) is 55.7 Å². The van der Waals surface area contributed by atoms with Crippen molar-refractivity contribution in [3.05, 3.63) is 142 Å². The molecule has 151 valence electrons. The van der Waals surface area contributed by atoms with Gasteiger partial charge in [-0.05, 0) is 0 Å². The molecule has 0 aliphatic heterocycles. The van der Waals surface area contributed by atoms with Crippen LogP contribution in [0.5, 0.6) is 0 Å². The van der Waals surface area contributed by atoms with Gasteiger partial charge in [-0.2, -0.15) is 0 Å². The van der Waals surface area contributed by atoms with Gasteiger partial charge in [0, 0.05) is 0 Å². The van der Waals surface area contributed by atoms with Crippen molar-refractivity contribution in [1.82, 2.24) is 0 Å². The van der Waals surface area contributed by atoms with Crippen molar-refractivity contribution in [3.8, 4) is 0 Å². The number of hydrogen-bond donors (Lipinski definition) is 0. The first-order valence-electron chi connectivity index (χ1n) is 11.2. The summed E-state index contributed by atoms with van der Waals surface area (Å²) in [6.45, 7) is 2.33. The number of benzene rings is 4. The molecule has 0 radical (unpaired) electrons. The topological polar surface area (TPSA) is 0 Å². The molecular weight excluding hydrogens is 464 g/mol. The van der Waals surface area contributed by atoms with E-state index < -0.39 is 0 Å². The molecule has 4 aromatic rings. The molecule has 2 aliphatic carbocycles. The van der Waals surface area contributed by atoms with E-state index in [1.807, 2.05) is 0 Å². The number of hydrogen-bond acceptors (Lipinski definition) is 0. The standard InChI is InChI=1S/C31H23.Zr/c1-21-28(22-11-4-2-5-12-22)20-25-16-10-18-27(30(21)25)31-26-17-9-8-15-24(26)19-29(31)23-13-6-3-7-14-23;/h2-20,31H,1H3;. The van der Waals surface area contributed by atoms with Crippen molar-refractivity contribution in [1.29, 1.82) is 0 Å². The van der Waals surface area contributed by atoms with Crippen LogP contribution in [-0.4, -0.2) is 0 Å². The Morgan fingerprint density at radius 1 is 0.594 bits per heavy atom. The second kappa shape index (κ2) is 7.98. The van der Waals surface area contributed by atoms with E-state index in [1.54, 1.807) is 24.7 Å².